The van der Waals surface area contributed by atoms with Crippen molar-refractivity contribution < 1.29 is 9.00 Å². The van der Waals surface area contributed by atoms with E-state index in [2.05, 4.69) is 17.1 Å². The van der Waals surface area contributed by atoms with Gasteiger partial charge in [-0.1, -0.05) is 6.92 Å². The molecule has 1 saturated heterocycles. The lowest BCUT2D eigenvalue weighted by atomic mass is 10.3. The van der Waals surface area contributed by atoms with Crippen LogP contribution in [0, 0.1) is 0 Å². The number of amides is 2. The maximum Gasteiger partial charge on any atom is 0.317 e. The highest BCUT2D eigenvalue weighted by molar-refractivity contribution is 7.86. The van der Waals surface area contributed by atoms with Gasteiger partial charge in [0.05, 0.1) is 0 Å². The van der Waals surface area contributed by atoms with Gasteiger partial charge in [-0.3, -0.25) is 4.21 Å². The molecule has 1 aliphatic heterocycles. The Hall–Kier alpha value is -0.620. The molecule has 19 heavy (non-hydrogen) atoms. The minimum atomic E-state index is -0.907. The highest BCUT2D eigenvalue weighted by Crippen LogP contribution is 2.10. The summed E-state index contributed by atoms with van der Waals surface area (Å²) in [7, 11) is -0.907. The number of likely N-dealkylation sites (N-methyl/N-ethyl adjacent to an activating group) is 1. The van der Waals surface area contributed by atoms with Gasteiger partial charge < -0.3 is 15.1 Å². The molecule has 1 fully saturated rings. The third-order valence-corrected chi connectivity index (χ3v) is 5.29. The molecule has 2 amide bonds. The molecular weight excluding hydrogens is 262 g/mol. The zero-order valence-electron chi connectivity index (χ0n) is 12.6. The number of carbonyl (C=O) groups excluding carboxylic acids is 1. The summed E-state index contributed by atoms with van der Waals surface area (Å²) < 4.78 is 11.6. The molecule has 0 aromatic carbocycles. The lowest BCUT2D eigenvalue weighted by Crippen LogP contribution is -2.52. The topological polar surface area (TPSA) is 52.6 Å². The number of nitrogens with zero attached hydrogens (tertiary/aromatic N) is 2. The number of hydrogen-bond acceptors (Lipinski definition) is 3. The number of nitrogens with one attached hydrogen (secondary N) is 1. The quantitative estimate of drug-likeness (QED) is 0.836. The molecule has 1 unspecified atom stereocenters. The van der Waals surface area contributed by atoms with Crippen molar-refractivity contribution in [1.29, 1.82) is 0 Å². The molecule has 0 aromatic rings. The minimum Gasteiger partial charge on any atom is -0.337 e. The standard InChI is InChI=1S/C13H27N3O2S/c1-5-15-7-9-16(10-8-15)12(17)14-6-11-19(18)13(2,3)4/h5-11H2,1-4H3,(H,14,17). The molecule has 0 radical (unpaired) electrons. The third kappa shape index (κ3) is 5.48. The summed E-state index contributed by atoms with van der Waals surface area (Å²) in [6.45, 7) is 13.0. The second kappa shape index (κ2) is 7.24. The van der Waals surface area contributed by atoms with Crippen LogP contribution in [0.4, 0.5) is 4.79 Å². The lowest BCUT2D eigenvalue weighted by molar-refractivity contribution is 0.143. The monoisotopic (exact) mass is 289 g/mol. The smallest absolute Gasteiger partial charge is 0.317 e. The summed E-state index contributed by atoms with van der Waals surface area (Å²) >= 11 is 0. The number of piperazine rings is 1. The molecule has 5 nitrogen and oxygen atoms in total. The molecule has 1 atom stereocenters. The summed E-state index contributed by atoms with van der Waals surface area (Å²) in [6, 6.07) is -0.0262. The van der Waals surface area contributed by atoms with Crippen molar-refractivity contribution in [3.63, 3.8) is 0 Å². The summed E-state index contributed by atoms with van der Waals surface area (Å²) in [6.07, 6.45) is 0. The van der Waals surface area contributed by atoms with Gasteiger partial charge in [0.2, 0.25) is 0 Å². The maximum absolute atomic E-state index is 11.9. The van der Waals surface area contributed by atoms with Crippen molar-refractivity contribution in [3.8, 4) is 0 Å². The van der Waals surface area contributed by atoms with Crippen LogP contribution in [0.15, 0.2) is 0 Å². The van der Waals surface area contributed by atoms with E-state index in [1.54, 1.807) is 0 Å². The second-order valence-electron chi connectivity index (χ2n) is 5.82. The molecule has 6 heteroatoms. The van der Waals surface area contributed by atoms with Gasteiger partial charge in [0.15, 0.2) is 0 Å². The molecule has 1 heterocycles. The van der Waals surface area contributed by atoms with E-state index in [4.69, 9.17) is 0 Å². The average molecular weight is 289 g/mol. The Balaban J connectivity index is 2.24. The first-order valence-corrected chi connectivity index (χ1v) is 8.30. The fourth-order valence-corrected chi connectivity index (χ4v) is 2.84. The zero-order chi connectivity index (χ0) is 14.5. The number of hydrogen-bond donors (Lipinski definition) is 1. The van der Waals surface area contributed by atoms with Crippen LogP contribution in [0.5, 0.6) is 0 Å². The molecule has 0 spiro atoms. The number of rotatable bonds is 4. The molecule has 0 saturated carbocycles. The van der Waals surface area contributed by atoms with Crippen molar-refractivity contribution in [1.82, 2.24) is 15.1 Å². The zero-order valence-corrected chi connectivity index (χ0v) is 13.4. The summed E-state index contributed by atoms with van der Waals surface area (Å²) in [5, 5.41) is 2.86. The normalized spacial score (nSPS) is 19.3. The van der Waals surface area contributed by atoms with Crippen molar-refractivity contribution in [2.75, 3.05) is 45.0 Å². The van der Waals surface area contributed by atoms with E-state index < -0.39 is 10.8 Å². The SMILES string of the molecule is CCN1CCN(C(=O)NCCS(=O)C(C)(C)C)CC1. The average Bonchev–Trinajstić information content (AvgIpc) is 2.37. The highest BCUT2D eigenvalue weighted by Gasteiger charge is 2.21. The Morgan fingerprint density at radius 2 is 1.79 bits per heavy atom. The van der Waals surface area contributed by atoms with E-state index in [1.807, 2.05) is 25.7 Å². The Labute approximate surface area is 119 Å². The first-order valence-electron chi connectivity index (χ1n) is 6.98. The predicted molar refractivity (Wildman–Crippen MR) is 79.8 cm³/mol. The molecule has 0 aromatic heterocycles. The first-order chi connectivity index (χ1) is 8.84. The van der Waals surface area contributed by atoms with Gasteiger partial charge in [-0.25, -0.2) is 4.79 Å². The van der Waals surface area contributed by atoms with Crippen LogP contribution in [0.2, 0.25) is 0 Å². The second-order valence-corrected chi connectivity index (χ2v) is 8.14. The van der Waals surface area contributed by atoms with Crippen molar-refractivity contribution in [2.24, 2.45) is 0 Å². The van der Waals surface area contributed by atoms with Gasteiger partial charge in [-0.05, 0) is 27.3 Å². The molecule has 1 rings (SSSR count). The predicted octanol–water partition coefficient (Wildman–Crippen LogP) is 0.881. The van der Waals surface area contributed by atoms with E-state index in [0.29, 0.717) is 12.3 Å². The van der Waals surface area contributed by atoms with Crippen LogP contribution in [0.25, 0.3) is 0 Å². The Kier molecular flexibility index (Phi) is 6.26. The van der Waals surface area contributed by atoms with Crippen molar-refractivity contribution >= 4 is 16.8 Å². The van der Waals surface area contributed by atoms with Gasteiger partial charge in [-0.2, -0.15) is 0 Å². The van der Waals surface area contributed by atoms with E-state index >= 15 is 0 Å². The van der Waals surface area contributed by atoms with Crippen molar-refractivity contribution in [3.05, 3.63) is 0 Å². The molecule has 1 N–H and O–H groups in total. The number of carbonyl (C=O) groups is 1. The Bertz CT molecular complexity index is 320. The van der Waals surface area contributed by atoms with Crippen LogP contribution in [0.1, 0.15) is 27.7 Å². The fraction of sp³-hybridized carbons (Fsp3) is 0.923. The lowest BCUT2D eigenvalue weighted by Gasteiger charge is -2.34. The Morgan fingerprint density at radius 1 is 1.21 bits per heavy atom. The number of urea groups is 1. The van der Waals surface area contributed by atoms with E-state index in [1.165, 1.54) is 0 Å². The highest BCUT2D eigenvalue weighted by atomic mass is 32.2. The van der Waals surface area contributed by atoms with Gasteiger partial charge in [0.1, 0.15) is 0 Å². The fourth-order valence-electron chi connectivity index (χ4n) is 1.94. The van der Waals surface area contributed by atoms with Crippen molar-refractivity contribution in [2.45, 2.75) is 32.4 Å². The molecule has 0 bridgehead atoms. The van der Waals surface area contributed by atoms with E-state index in [9.17, 15) is 9.00 Å². The van der Waals surface area contributed by atoms with Crippen LogP contribution in [-0.2, 0) is 10.8 Å². The van der Waals surface area contributed by atoms with Crippen LogP contribution in [0.3, 0.4) is 0 Å². The molecule has 0 aliphatic carbocycles. The summed E-state index contributed by atoms with van der Waals surface area (Å²) in [4.78, 5) is 16.1. The Morgan fingerprint density at radius 3 is 2.26 bits per heavy atom. The van der Waals surface area contributed by atoms with Crippen LogP contribution < -0.4 is 5.32 Å². The first kappa shape index (κ1) is 16.4. The van der Waals surface area contributed by atoms with Crippen LogP contribution in [-0.4, -0.2) is 69.8 Å². The summed E-state index contributed by atoms with van der Waals surface area (Å²) in [5.41, 5.74) is 0. The molecular formula is C13H27N3O2S. The van der Waals surface area contributed by atoms with Gasteiger partial charge in [0.25, 0.3) is 0 Å². The maximum atomic E-state index is 11.9. The summed E-state index contributed by atoms with van der Waals surface area (Å²) in [5.74, 6) is 0.518. The minimum absolute atomic E-state index is 0.0262. The molecule has 1 aliphatic rings. The van der Waals surface area contributed by atoms with E-state index in [0.717, 1.165) is 32.7 Å². The largest absolute Gasteiger partial charge is 0.337 e. The van der Waals surface area contributed by atoms with Crippen LogP contribution >= 0.6 is 0 Å². The third-order valence-electron chi connectivity index (χ3n) is 3.35. The van der Waals surface area contributed by atoms with Gasteiger partial charge in [-0.15, -0.1) is 0 Å². The van der Waals surface area contributed by atoms with Gasteiger partial charge in [0, 0.05) is 54.0 Å². The van der Waals surface area contributed by atoms with E-state index in [-0.39, 0.29) is 10.8 Å². The molecule has 112 valence electrons. The van der Waals surface area contributed by atoms with Gasteiger partial charge >= 0.3 is 6.03 Å².